The quantitative estimate of drug-likeness (QED) is 0.483. The highest BCUT2D eigenvalue weighted by Gasteiger charge is 2.25. The smallest absolute Gasteiger partial charge is 0.194 e. The molecule has 0 saturated heterocycles. The normalized spacial score (nSPS) is 12.8. The number of ketones is 1. The van der Waals surface area contributed by atoms with Crippen LogP contribution in [0.4, 0.5) is 0 Å². The van der Waals surface area contributed by atoms with Crippen molar-refractivity contribution in [3.63, 3.8) is 0 Å². The van der Waals surface area contributed by atoms with Crippen LogP contribution in [-0.4, -0.2) is 10.8 Å². The molecule has 0 radical (unpaired) electrons. The summed E-state index contributed by atoms with van der Waals surface area (Å²) >= 11 is 0. The van der Waals surface area contributed by atoms with Gasteiger partial charge in [0.25, 0.3) is 0 Å². The molecule has 0 amide bonds. The maximum absolute atomic E-state index is 12.4. The number of H-pyrrole nitrogens is 1. The number of aromatic amines is 1. The molecule has 1 aliphatic carbocycles. The van der Waals surface area contributed by atoms with Gasteiger partial charge < -0.3 is 4.98 Å². The fraction of sp³-hybridized carbons (Fsp3) is 0. The third-order valence-corrected chi connectivity index (χ3v) is 3.41. The number of aromatic nitrogens is 1. The van der Waals surface area contributed by atoms with Gasteiger partial charge in [0, 0.05) is 33.8 Å². The molecule has 0 bridgehead atoms. The van der Waals surface area contributed by atoms with Gasteiger partial charge >= 0.3 is 0 Å². The Bertz CT molecular complexity index is 767. The number of hydrogen-bond acceptors (Lipinski definition) is 1. The molecule has 0 saturated carbocycles. The van der Waals surface area contributed by atoms with Crippen molar-refractivity contribution in [1.82, 2.24) is 4.98 Å². The Morgan fingerprint density at radius 3 is 2.41 bits per heavy atom. The van der Waals surface area contributed by atoms with Crippen molar-refractivity contribution < 1.29 is 4.79 Å². The van der Waals surface area contributed by atoms with E-state index in [9.17, 15) is 4.79 Å². The van der Waals surface area contributed by atoms with Gasteiger partial charge in [0.15, 0.2) is 5.78 Å². The van der Waals surface area contributed by atoms with Gasteiger partial charge in [-0.25, -0.2) is 0 Å². The van der Waals surface area contributed by atoms with E-state index >= 15 is 0 Å². The molecule has 0 unspecified atom stereocenters. The molecular weight excluding hydrogens is 210 g/mol. The Morgan fingerprint density at radius 1 is 0.765 bits per heavy atom. The molecule has 1 aromatic heterocycles. The molecule has 1 aliphatic rings. The molecule has 17 heavy (non-hydrogen) atoms. The summed E-state index contributed by atoms with van der Waals surface area (Å²) in [5.74, 6) is 0.123. The molecule has 0 aliphatic heterocycles. The minimum Gasteiger partial charge on any atom is -0.361 e. The van der Waals surface area contributed by atoms with Crippen LogP contribution in [0.3, 0.4) is 0 Å². The second kappa shape index (κ2) is 2.86. The predicted molar refractivity (Wildman–Crippen MR) is 67.2 cm³/mol. The fourth-order valence-electron chi connectivity index (χ4n) is 2.65. The van der Waals surface area contributed by atoms with Gasteiger partial charge in [-0.1, -0.05) is 36.4 Å². The summed E-state index contributed by atoms with van der Waals surface area (Å²) in [5.41, 5.74) is 4.79. The van der Waals surface area contributed by atoms with E-state index in [-0.39, 0.29) is 5.78 Å². The molecule has 0 atom stereocenters. The van der Waals surface area contributed by atoms with Crippen LogP contribution < -0.4 is 0 Å². The number of fused-ring (bicyclic) bond motifs is 2. The van der Waals surface area contributed by atoms with Gasteiger partial charge in [-0.3, -0.25) is 4.79 Å². The van der Waals surface area contributed by atoms with Crippen molar-refractivity contribution in [3.05, 3.63) is 59.8 Å². The molecule has 2 heteroatoms. The maximum Gasteiger partial charge on any atom is 0.194 e. The largest absolute Gasteiger partial charge is 0.361 e. The van der Waals surface area contributed by atoms with Crippen LogP contribution in [0.5, 0.6) is 0 Å². The van der Waals surface area contributed by atoms with Gasteiger partial charge in [0.2, 0.25) is 0 Å². The standard InChI is InChI=1S/C15H9NO/c17-15-10-5-2-1-4-9(10)12-8-16-13-7-3-6-11(15)14(12)13/h1-8,16H. The monoisotopic (exact) mass is 219 g/mol. The first-order valence-electron chi connectivity index (χ1n) is 5.60. The first-order valence-corrected chi connectivity index (χ1v) is 5.60. The summed E-state index contributed by atoms with van der Waals surface area (Å²) in [6.07, 6.45) is 1.99. The molecule has 2 nitrogen and oxygen atoms in total. The van der Waals surface area contributed by atoms with E-state index in [0.29, 0.717) is 0 Å². The van der Waals surface area contributed by atoms with E-state index in [1.165, 1.54) is 0 Å². The van der Waals surface area contributed by atoms with Crippen LogP contribution in [0, 0.1) is 0 Å². The number of rotatable bonds is 0. The third kappa shape index (κ3) is 0.972. The Kier molecular flexibility index (Phi) is 1.47. The molecule has 1 N–H and O–H groups in total. The molecule has 0 fully saturated rings. The highest BCUT2D eigenvalue weighted by atomic mass is 16.1. The van der Waals surface area contributed by atoms with E-state index in [1.807, 2.05) is 48.7 Å². The summed E-state index contributed by atoms with van der Waals surface area (Å²) in [6.45, 7) is 0. The van der Waals surface area contributed by atoms with E-state index in [0.717, 1.165) is 33.2 Å². The molecule has 0 spiro atoms. The van der Waals surface area contributed by atoms with Gasteiger partial charge in [0.05, 0.1) is 0 Å². The van der Waals surface area contributed by atoms with Crippen molar-refractivity contribution in [2.75, 3.05) is 0 Å². The lowest BCUT2D eigenvalue weighted by Gasteiger charge is -2.15. The van der Waals surface area contributed by atoms with Crippen LogP contribution in [0.2, 0.25) is 0 Å². The fourth-order valence-corrected chi connectivity index (χ4v) is 2.65. The number of carbonyl (C=O) groups excluding carboxylic acids is 1. The zero-order valence-corrected chi connectivity index (χ0v) is 9.03. The summed E-state index contributed by atoms with van der Waals surface area (Å²) in [4.78, 5) is 15.6. The van der Waals surface area contributed by atoms with E-state index in [1.54, 1.807) is 0 Å². The second-order valence-electron chi connectivity index (χ2n) is 4.31. The molecule has 2 aromatic carbocycles. The zero-order valence-electron chi connectivity index (χ0n) is 9.03. The van der Waals surface area contributed by atoms with E-state index in [4.69, 9.17) is 0 Å². The van der Waals surface area contributed by atoms with Crippen LogP contribution in [0.15, 0.2) is 48.7 Å². The number of hydrogen-bond donors (Lipinski definition) is 1. The molecule has 80 valence electrons. The predicted octanol–water partition coefficient (Wildman–Crippen LogP) is 3.38. The van der Waals surface area contributed by atoms with Crippen LogP contribution >= 0.6 is 0 Å². The lowest BCUT2D eigenvalue weighted by molar-refractivity contribution is 0.104. The zero-order chi connectivity index (χ0) is 11.4. The van der Waals surface area contributed by atoms with Gasteiger partial charge in [-0.05, 0) is 11.6 Å². The lowest BCUT2D eigenvalue weighted by Crippen LogP contribution is -2.08. The minimum atomic E-state index is 0.123. The average Bonchev–Trinajstić information content (AvgIpc) is 2.81. The van der Waals surface area contributed by atoms with Crippen molar-refractivity contribution in [3.8, 4) is 11.1 Å². The van der Waals surface area contributed by atoms with Gasteiger partial charge in [-0.15, -0.1) is 0 Å². The minimum absolute atomic E-state index is 0.123. The molecule has 4 rings (SSSR count). The number of benzene rings is 2. The topological polar surface area (TPSA) is 32.9 Å². The molecule has 3 aromatic rings. The van der Waals surface area contributed by atoms with Crippen LogP contribution in [0.25, 0.3) is 22.0 Å². The summed E-state index contributed by atoms with van der Waals surface area (Å²) in [6, 6.07) is 13.6. The maximum atomic E-state index is 12.4. The molecular formula is C15H9NO. The first-order chi connectivity index (χ1) is 8.36. The van der Waals surface area contributed by atoms with Crippen LogP contribution in [-0.2, 0) is 0 Å². The first kappa shape index (κ1) is 8.76. The number of carbonyl (C=O) groups is 1. The molecule has 1 heterocycles. The van der Waals surface area contributed by atoms with Crippen molar-refractivity contribution >= 4 is 16.7 Å². The van der Waals surface area contributed by atoms with E-state index in [2.05, 4.69) is 4.98 Å². The summed E-state index contributed by atoms with van der Waals surface area (Å²) in [7, 11) is 0. The average molecular weight is 219 g/mol. The van der Waals surface area contributed by atoms with Crippen molar-refractivity contribution in [1.29, 1.82) is 0 Å². The second-order valence-corrected chi connectivity index (χ2v) is 4.31. The Morgan fingerprint density at radius 2 is 1.53 bits per heavy atom. The summed E-state index contributed by atoms with van der Waals surface area (Å²) in [5, 5.41) is 1.05. The summed E-state index contributed by atoms with van der Waals surface area (Å²) < 4.78 is 0. The van der Waals surface area contributed by atoms with Gasteiger partial charge in [0.1, 0.15) is 0 Å². The van der Waals surface area contributed by atoms with Gasteiger partial charge in [-0.2, -0.15) is 0 Å². The Labute approximate surface area is 97.9 Å². The van der Waals surface area contributed by atoms with Crippen molar-refractivity contribution in [2.24, 2.45) is 0 Å². The highest BCUT2D eigenvalue weighted by molar-refractivity contribution is 6.25. The Hall–Kier alpha value is -2.35. The lowest BCUT2D eigenvalue weighted by atomic mass is 9.86. The Balaban J connectivity index is 2.27. The van der Waals surface area contributed by atoms with E-state index < -0.39 is 0 Å². The van der Waals surface area contributed by atoms with Crippen molar-refractivity contribution in [2.45, 2.75) is 0 Å². The highest BCUT2D eigenvalue weighted by Crippen LogP contribution is 2.38. The van der Waals surface area contributed by atoms with Crippen LogP contribution in [0.1, 0.15) is 15.9 Å². The number of nitrogens with one attached hydrogen (secondary N) is 1. The SMILES string of the molecule is O=C1c2ccccc2-c2c[nH]c3cccc1c23. The third-order valence-electron chi connectivity index (χ3n) is 3.41.